The van der Waals surface area contributed by atoms with Gasteiger partial charge < -0.3 is 4.74 Å². The minimum absolute atomic E-state index is 0.295. The summed E-state index contributed by atoms with van der Waals surface area (Å²) in [5, 5.41) is 2.33. The van der Waals surface area contributed by atoms with Gasteiger partial charge in [0.15, 0.2) is 11.3 Å². The fourth-order valence-corrected chi connectivity index (χ4v) is 4.00. The average molecular weight is 385 g/mol. The fourth-order valence-electron chi connectivity index (χ4n) is 3.39. The highest BCUT2D eigenvalue weighted by atomic mass is 32.1. The first-order valence-electron chi connectivity index (χ1n) is 9.03. The maximum atomic E-state index is 11.0. The van der Waals surface area contributed by atoms with Crippen LogP contribution in [-0.4, -0.2) is 11.3 Å². The summed E-state index contributed by atoms with van der Waals surface area (Å²) in [6, 6.07) is 30.6. The van der Waals surface area contributed by atoms with Crippen molar-refractivity contribution in [2.75, 3.05) is 0 Å². The Bertz CT molecular complexity index is 933. The largest absolute Gasteiger partial charge is 0.355 e. The summed E-state index contributed by atoms with van der Waals surface area (Å²) in [6.45, 7) is 0.295. The maximum absolute atomic E-state index is 11.0. The number of hydrogen-bond acceptors (Lipinski definition) is 4. The van der Waals surface area contributed by atoms with Crippen molar-refractivity contribution in [1.29, 1.82) is 0 Å². The molecular formula is C24H19NO2S. The number of benzene rings is 3. The van der Waals surface area contributed by atoms with Gasteiger partial charge in [-0.25, -0.2) is 4.98 Å². The van der Waals surface area contributed by atoms with Gasteiger partial charge in [-0.3, -0.25) is 4.79 Å². The van der Waals surface area contributed by atoms with E-state index < -0.39 is 5.60 Å². The molecule has 0 radical (unpaired) electrons. The standard InChI is InChI=1S/C24H19NO2S/c26-16-23-25-22(18-28-23)17-27-24(19-10-4-1-5-11-19,20-12-6-2-7-13-20)21-14-8-3-9-15-21/h1-16,18H,17H2. The molecule has 0 aliphatic heterocycles. The first-order chi connectivity index (χ1) is 13.8. The molecule has 3 aromatic carbocycles. The molecule has 0 N–H and O–H groups in total. The molecule has 4 rings (SSSR count). The molecule has 4 heteroatoms. The van der Waals surface area contributed by atoms with Crippen molar-refractivity contribution >= 4 is 17.6 Å². The van der Waals surface area contributed by atoms with Gasteiger partial charge >= 0.3 is 0 Å². The highest BCUT2D eigenvalue weighted by molar-refractivity contribution is 7.11. The van der Waals surface area contributed by atoms with Gasteiger partial charge in [0.25, 0.3) is 0 Å². The van der Waals surface area contributed by atoms with E-state index in [0.29, 0.717) is 11.6 Å². The number of rotatable bonds is 7. The Morgan fingerprint density at radius 2 is 1.25 bits per heavy atom. The lowest BCUT2D eigenvalue weighted by Gasteiger charge is -2.35. The van der Waals surface area contributed by atoms with E-state index >= 15 is 0 Å². The average Bonchev–Trinajstić information content (AvgIpc) is 3.25. The minimum Gasteiger partial charge on any atom is -0.355 e. The molecule has 28 heavy (non-hydrogen) atoms. The van der Waals surface area contributed by atoms with Crippen LogP contribution in [0.15, 0.2) is 96.4 Å². The zero-order valence-corrected chi connectivity index (χ0v) is 16.0. The zero-order chi connectivity index (χ0) is 19.2. The fraction of sp³-hybridized carbons (Fsp3) is 0.0833. The van der Waals surface area contributed by atoms with Crippen molar-refractivity contribution in [1.82, 2.24) is 4.98 Å². The maximum Gasteiger partial charge on any atom is 0.178 e. The summed E-state index contributed by atoms with van der Waals surface area (Å²) in [4.78, 5) is 15.3. The second-order valence-corrected chi connectivity index (χ2v) is 7.25. The third-order valence-corrected chi connectivity index (χ3v) is 5.47. The number of hydrogen-bond donors (Lipinski definition) is 0. The van der Waals surface area contributed by atoms with E-state index in [-0.39, 0.29) is 0 Å². The molecule has 0 unspecified atom stereocenters. The third kappa shape index (κ3) is 3.52. The Kier molecular flexibility index (Phi) is 5.42. The van der Waals surface area contributed by atoms with Crippen molar-refractivity contribution in [3.05, 3.63) is 124 Å². The number of ether oxygens (including phenoxy) is 1. The van der Waals surface area contributed by atoms with Crippen LogP contribution in [0.4, 0.5) is 0 Å². The second kappa shape index (κ2) is 8.30. The molecule has 0 aliphatic rings. The lowest BCUT2D eigenvalue weighted by molar-refractivity contribution is -0.00120. The van der Waals surface area contributed by atoms with Crippen molar-refractivity contribution in [3.8, 4) is 0 Å². The monoisotopic (exact) mass is 385 g/mol. The van der Waals surface area contributed by atoms with E-state index in [1.54, 1.807) is 0 Å². The first-order valence-corrected chi connectivity index (χ1v) is 9.91. The number of carbonyl (C=O) groups is 1. The van der Waals surface area contributed by atoms with Crippen LogP contribution in [0.1, 0.15) is 32.2 Å². The summed E-state index contributed by atoms with van der Waals surface area (Å²) >= 11 is 1.33. The number of aldehydes is 1. The minimum atomic E-state index is -0.783. The van der Waals surface area contributed by atoms with E-state index in [1.165, 1.54) is 11.3 Å². The van der Waals surface area contributed by atoms with Gasteiger partial charge in [0, 0.05) is 5.38 Å². The van der Waals surface area contributed by atoms with Crippen molar-refractivity contribution in [3.63, 3.8) is 0 Å². The van der Waals surface area contributed by atoms with E-state index in [0.717, 1.165) is 28.7 Å². The Hall–Kier alpha value is -3.08. The van der Waals surface area contributed by atoms with Crippen LogP contribution < -0.4 is 0 Å². The van der Waals surface area contributed by atoms with Crippen LogP contribution in [0.25, 0.3) is 0 Å². The van der Waals surface area contributed by atoms with Gasteiger partial charge in [0.05, 0.1) is 12.3 Å². The molecule has 138 valence electrons. The van der Waals surface area contributed by atoms with E-state index in [2.05, 4.69) is 41.4 Å². The molecular weight excluding hydrogens is 366 g/mol. The molecule has 0 atom stereocenters. The van der Waals surface area contributed by atoms with Gasteiger partial charge in [0.2, 0.25) is 0 Å². The van der Waals surface area contributed by atoms with Gasteiger partial charge in [-0.2, -0.15) is 0 Å². The molecule has 1 aromatic heterocycles. The summed E-state index contributed by atoms with van der Waals surface area (Å²) in [5.74, 6) is 0. The smallest absolute Gasteiger partial charge is 0.178 e. The molecule has 0 aliphatic carbocycles. The summed E-state index contributed by atoms with van der Waals surface area (Å²) in [7, 11) is 0. The van der Waals surface area contributed by atoms with Crippen LogP contribution in [-0.2, 0) is 16.9 Å². The Labute approximate surface area is 168 Å². The summed E-state index contributed by atoms with van der Waals surface area (Å²) in [6.07, 6.45) is 0.771. The van der Waals surface area contributed by atoms with Crippen LogP contribution >= 0.6 is 11.3 Å². The quantitative estimate of drug-likeness (QED) is 0.313. The first kappa shape index (κ1) is 18.3. The van der Waals surface area contributed by atoms with Gasteiger partial charge in [0.1, 0.15) is 5.60 Å². The topological polar surface area (TPSA) is 39.2 Å². The number of carbonyl (C=O) groups excluding carboxylic acids is 1. The molecule has 0 spiro atoms. The Balaban J connectivity index is 1.86. The normalized spacial score (nSPS) is 11.3. The highest BCUT2D eigenvalue weighted by Gasteiger charge is 2.37. The predicted octanol–water partition coefficient (Wildman–Crippen LogP) is 5.46. The van der Waals surface area contributed by atoms with E-state index in [9.17, 15) is 4.79 Å². The highest BCUT2D eigenvalue weighted by Crippen LogP contribution is 2.41. The van der Waals surface area contributed by atoms with Crippen LogP contribution in [0.3, 0.4) is 0 Å². The van der Waals surface area contributed by atoms with E-state index in [4.69, 9.17) is 4.74 Å². The SMILES string of the molecule is O=Cc1nc(COC(c2ccccc2)(c2ccccc2)c2ccccc2)cs1. The third-order valence-electron chi connectivity index (χ3n) is 4.65. The molecule has 0 fully saturated rings. The molecule has 3 nitrogen and oxygen atoms in total. The molecule has 0 saturated heterocycles. The predicted molar refractivity (Wildman–Crippen MR) is 111 cm³/mol. The van der Waals surface area contributed by atoms with Crippen LogP contribution in [0.5, 0.6) is 0 Å². The molecule has 0 bridgehead atoms. The van der Waals surface area contributed by atoms with Gasteiger partial charge in [-0.15, -0.1) is 11.3 Å². The molecule has 0 saturated carbocycles. The summed E-state index contributed by atoms with van der Waals surface area (Å²) < 4.78 is 6.66. The Morgan fingerprint density at radius 1 is 0.786 bits per heavy atom. The second-order valence-electron chi connectivity index (χ2n) is 6.36. The zero-order valence-electron chi connectivity index (χ0n) is 15.2. The van der Waals surface area contributed by atoms with E-state index in [1.807, 2.05) is 60.0 Å². The van der Waals surface area contributed by atoms with Gasteiger partial charge in [-0.1, -0.05) is 91.0 Å². The van der Waals surface area contributed by atoms with Crippen LogP contribution in [0, 0.1) is 0 Å². The molecule has 0 amide bonds. The van der Waals surface area contributed by atoms with Crippen LogP contribution in [0.2, 0.25) is 0 Å². The van der Waals surface area contributed by atoms with Crippen molar-refractivity contribution < 1.29 is 9.53 Å². The van der Waals surface area contributed by atoms with Crippen molar-refractivity contribution in [2.45, 2.75) is 12.2 Å². The number of nitrogens with zero attached hydrogens (tertiary/aromatic N) is 1. The lowest BCUT2D eigenvalue weighted by Crippen LogP contribution is -2.32. The summed E-state index contributed by atoms with van der Waals surface area (Å²) in [5.41, 5.74) is 3.09. The molecule has 4 aromatic rings. The number of thiazole rings is 1. The Morgan fingerprint density at radius 3 is 1.64 bits per heavy atom. The van der Waals surface area contributed by atoms with Gasteiger partial charge in [-0.05, 0) is 16.7 Å². The van der Waals surface area contributed by atoms with Crippen molar-refractivity contribution in [2.24, 2.45) is 0 Å². The lowest BCUT2D eigenvalue weighted by atomic mass is 9.80. The molecule has 1 heterocycles. The number of aromatic nitrogens is 1.